The molecular weight excluding hydrogens is 270 g/mol. The third-order valence-corrected chi connectivity index (χ3v) is 4.19. The molecule has 4 rings (SSSR count). The molecule has 0 aliphatic heterocycles. The maximum Gasteiger partial charge on any atom is 0.116 e. The van der Waals surface area contributed by atoms with Crippen molar-refractivity contribution in [3.05, 3.63) is 53.1 Å². The lowest BCUT2D eigenvalue weighted by molar-refractivity contribution is 0.476. The van der Waals surface area contributed by atoms with Crippen LogP contribution in [-0.4, -0.2) is 10.1 Å². The first-order valence-corrected chi connectivity index (χ1v) is 6.85. The predicted molar refractivity (Wildman–Crippen MR) is 84.7 cm³/mol. The van der Waals surface area contributed by atoms with Crippen LogP contribution in [0.2, 0.25) is 5.02 Å². The molecule has 0 spiro atoms. The van der Waals surface area contributed by atoms with E-state index in [0.29, 0.717) is 0 Å². The van der Waals surface area contributed by atoms with Crippen molar-refractivity contribution in [2.45, 2.75) is 6.92 Å². The van der Waals surface area contributed by atoms with Gasteiger partial charge in [-0.1, -0.05) is 29.8 Å². The number of aromatic amines is 1. The Kier molecular flexibility index (Phi) is 2.27. The molecule has 4 aromatic rings. The maximum atomic E-state index is 9.63. The molecule has 0 saturated heterocycles. The monoisotopic (exact) mass is 281 g/mol. The minimum atomic E-state index is 0.277. The van der Waals surface area contributed by atoms with Crippen molar-refractivity contribution in [2.24, 2.45) is 0 Å². The van der Waals surface area contributed by atoms with Crippen molar-refractivity contribution in [3.63, 3.8) is 0 Å². The van der Waals surface area contributed by atoms with E-state index in [1.807, 2.05) is 30.3 Å². The summed E-state index contributed by atoms with van der Waals surface area (Å²) < 4.78 is 0. The first kappa shape index (κ1) is 11.6. The number of H-pyrrole nitrogens is 1. The SMILES string of the molecule is Cc1ccc(Cl)c2c1[nH]c1ccc3cc(O)ccc3c12. The molecule has 3 aromatic carbocycles. The summed E-state index contributed by atoms with van der Waals surface area (Å²) in [6, 6.07) is 13.4. The number of aromatic nitrogens is 1. The standard InChI is InChI=1S/C17H12ClNO/c1-9-2-6-13(18)16-15-12-5-4-11(20)8-10(12)3-7-14(15)19-17(9)16/h2-8,19-20H,1H3. The highest BCUT2D eigenvalue weighted by atomic mass is 35.5. The molecule has 2 nitrogen and oxygen atoms in total. The van der Waals surface area contributed by atoms with Gasteiger partial charge in [-0.15, -0.1) is 0 Å². The minimum Gasteiger partial charge on any atom is -0.508 e. The molecule has 2 N–H and O–H groups in total. The highest BCUT2D eigenvalue weighted by Gasteiger charge is 2.12. The molecule has 0 saturated carbocycles. The van der Waals surface area contributed by atoms with Crippen LogP contribution in [0.25, 0.3) is 32.6 Å². The molecule has 0 aliphatic carbocycles. The van der Waals surface area contributed by atoms with Crippen molar-refractivity contribution < 1.29 is 5.11 Å². The van der Waals surface area contributed by atoms with Crippen molar-refractivity contribution in [2.75, 3.05) is 0 Å². The lowest BCUT2D eigenvalue weighted by atomic mass is 10.0. The zero-order chi connectivity index (χ0) is 13.9. The second-order valence-electron chi connectivity index (χ2n) is 5.13. The Morgan fingerprint density at radius 3 is 2.70 bits per heavy atom. The van der Waals surface area contributed by atoms with Gasteiger partial charge in [-0.3, -0.25) is 0 Å². The number of hydrogen-bond donors (Lipinski definition) is 2. The molecule has 0 radical (unpaired) electrons. The topological polar surface area (TPSA) is 36.0 Å². The van der Waals surface area contributed by atoms with E-state index in [2.05, 4.69) is 11.9 Å². The van der Waals surface area contributed by atoms with Gasteiger partial charge in [0, 0.05) is 16.3 Å². The van der Waals surface area contributed by atoms with Gasteiger partial charge in [-0.05, 0) is 47.5 Å². The molecule has 0 fully saturated rings. The number of halogens is 1. The molecule has 0 atom stereocenters. The first-order chi connectivity index (χ1) is 9.65. The van der Waals surface area contributed by atoms with Crippen molar-refractivity contribution in [1.29, 1.82) is 0 Å². The van der Waals surface area contributed by atoms with Gasteiger partial charge in [-0.2, -0.15) is 0 Å². The second kappa shape index (κ2) is 3.90. The summed E-state index contributed by atoms with van der Waals surface area (Å²) in [5.41, 5.74) is 3.31. The molecule has 0 aliphatic rings. The number of benzene rings is 3. The van der Waals surface area contributed by atoms with Gasteiger partial charge in [0.05, 0.1) is 10.5 Å². The fourth-order valence-corrected chi connectivity index (χ4v) is 3.16. The molecule has 20 heavy (non-hydrogen) atoms. The molecular formula is C17H12ClNO. The van der Waals surface area contributed by atoms with Crippen LogP contribution in [0.5, 0.6) is 5.75 Å². The summed E-state index contributed by atoms with van der Waals surface area (Å²) in [5.74, 6) is 0.277. The Morgan fingerprint density at radius 2 is 1.85 bits per heavy atom. The normalized spacial score (nSPS) is 11.7. The summed E-state index contributed by atoms with van der Waals surface area (Å²) in [4.78, 5) is 3.45. The zero-order valence-corrected chi connectivity index (χ0v) is 11.6. The Bertz CT molecular complexity index is 985. The predicted octanol–water partition coefficient (Wildman–Crippen LogP) is 5.14. The number of hydrogen-bond acceptors (Lipinski definition) is 1. The molecule has 98 valence electrons. The molecule has 0 bridgehead atoms. The number of phenolic OH excluding ortho intramolecular Hbond substituents is 1. The highest BCUT2D eigenvalue weighted by Crippen LogP contribution is 2.38. The molecule has 3 heteroatoms. The van der Waals surface area contributed by atoms with Crippen LogP contribution in [-0.2, 0) is 0 Å². The molecule has 0 amide bonds. The third kappa shape index (κ3) is 1.46. The van der Waals surface area contributed by atoms with Crippen LogP contribution in [0, 0.1) is 6.92 Å². The van der Waals surface area contributed by atoms with Crippen LogP contribution >= 0.6 is 11.6 Å². The lowest BCUT2D eigenvalue weighted by Gasteiger charge is -2.03. The average molecular weight is 282 g/mol. The summed E-state index contributed by atoms with van der Waals surface area (Å²) in [6.07, 6.45) is 0. The van der Waals surface area contributed by atoms with Gasteiger partial charge < -0.3 is 10.1 Å². The van der Waals surface area contributed by atoms with E-state index in [0.717, 1.165) is 37.6 Å². The van der Waals surface area contributed by atoms with Gasteiger partial charge >= 0.3 is 0 Å². The number of phenols is 1. The van der Waals surface area contributed by atoms with E-state index in [1.54, 1.807) is 12.1 Å². The van der Waals surface area contributed by atoms with E-state index >= 15 is 0 Å². The van der Waals surface area contributed by atoms with E-state index < -0.39 is 0 Å². The van der Waals surface area contributed by atoms with Crippen molar-refractivity contribution in [3.8, 4) is 5.75 Å². The summed E-state index contributed by atoms with van der Waals surface area (Å²) >= 11 is 6.41. The van der Waals surface area contributed by atoms with Gasteiger partial charge in [0.15, 0.2) is 0 Å². The van der Waals surface area contributed by atoms with Gasteiger partial charge in [-0.25, -0.2) is 0 Å². The quantitative estimate of drug-likeness (QED) is 0.460. The Labute approximate surface area is 120 Å². The molecule has 0 unspecified atom stereocenters. The maximum absolute atomic E-state index is 9.63. The van der Waals surface area contributed by atoms with E-state index in [4.69, 9.17) is 11.6 Å². The highest BCUT2D eigenvalue weighted by molar-refractivity contribution is 6.39. The minimum absolute atomic E-state index is 0.277. The summed E-state index contributed by atoms with van der Waals surface area (Å²) in [5, 5.41) is 14.7. The summed E-state index contributed by atoms with van der Waals surface area (Å²) in [6.45, 7) is 2.07. The number of aromatic hydroxyl groups is 1. The van der Waals surface area contributed by atoms with Crippen molar-refractivity contribution >= 4 is 44.2 Å². The van der Waals surface area contributed by atoms with Crippen LogP contribution < -0.4 is 0 Å². The second-order valence-corrected chi connectivity index (χ2v) is 5.54. The number of aryl methyl sites for hydroxylation is 1. The van der Waals surface area contributed by atoms with Crippen LogP contribution in [0.15, 0.2) is 42.5 Å². The Balaban J connectivity index is 2.34. The van der Waals surface area contributed by atoms with Crippen LogP contribution in [0.3, 0.4) is 0 Å². The van der Waals surface area contributed by atoms with E-state index in [-0.39, 0.29) is 5.75 Å². The zero-order valence-electron chi connectivity index (χ0n) is 10.9. The Hall–Kier alpha value is -2.19. The molecule has 1 heterocycles. The summed E-state index contributed by atoms with van der Waals surface area (Å²) in [7, 11) is 0. The smallest absolute Gasteiger partial charge is 0.116 e. The van der Waals surface area contributed by atoms with Gasteiger partial charge in [0.2, 0.25) is 0 Å². The fourth-order valence-electron chi connectivity index (χ4n) is 2.91. The lowest BCUT2D eigenvalue weighted by Crippen LogP contribution is -1.77. The van der Waals surface area contributed by atoms with Gasteiger partial charge in [0.25, 0.3) is 0 Å². The number of fused-ring (bicyclic) bond motifs is 5. The van der Waals surface area contributed by atoms with E-state index in [1.165, 1.54) is 5.56 Å². The Morgan fingerprint density at radius 1 is 1.00 bits per heavy atom. The van der Waals surface area contributed by atoms with Crippen molar-refractivity contribution in [1.82, 2.24) is 4.98 Å². The number of nitrogens with one attached hydrogen (secondary N) is 1. The first-order valence-electron chi connectivity index (χ1n) is 6.47. The van der Waals surface area contributed by atoms with Crippen LogP contribution in [0.4, 0.5) is 0 Å². The molecule has 1 aromatic heterocycles. The van der Waals surface area contributed by atoms with E-state index in [9.17, 15) is 5.11 Å². The van der Waals surface area contributed by atoms with Gasteiger partial charge in [0.1, 0.15) is 5.75 Å². The average Bonchev–Trinajstić information content (AvgIpc) is 2.83. The number of rotatable bonds is 0. The largest absolute Gasteiger partial charge is 0.508 e. The third-order valence-electron chi connectivity index (χ3n) is 3.88. The van der Waals surface area contributed by atoms with Crippen LogP contribution in [0.1, 0.15) is 5.56 Å². The fraction of sp³-hybridized carbons (Fsp3) is 0.0588.